The molecule has 0 radical (unpaired) electrons. The Hall–Kier alpha value is -3.21. The van der Waals surface area contributed by atoms with Gasteiger partial charge < -0.3 is 8.60 Å². The third-order valence-corrected chi connectivity index (χ3v) is 4.46. The molecule has 1 aliphatic carbocycles. The third-order valence-electron chi connectivity index (χ3n) is 3.48. The first-order valence-electron chi connectivity index (χ1n) is 7.04. The van der Waals surface area contributed by atoms with E-state index in [-0.39, 0.29) is 22.1 Å². The Morgan fingerprint density at radius 2 is 1.74 bits per heavy atom. The maximum atomic E-state index is 12.5. The van der Waals surface area contributed by atoms with Gasteiger partial charge in [-0.15, -0.1) is 0 Å². The first-order valence-corrected chi connectivity index (χ1v) is 8.45. The molecule has 140 valence electrons. The first-order chi connectivity index (χ1) is 12.5. The van der Waals surface area contributed by atoms with E-state index in [1.54, 1.807) is 0 Å². The molecule has 1 aliphatic rings. The van der Waals surface area contributed by atoms with Crippen molar-refractivity contribution in [3.8, 4) is 5.75 Å². The Bertz CT molecular complexity index is 1200. The van der Waals surface area contributed by atoms with Gasteiger partial charge in [-0.2, -0.15) is 21.6 Å². The van der Waals surface area contributed by atoms with Gasteiger partial charge in [-0.05, 0) is 30.4 Å². The molecule has 0 atom stereocenters. The summed E-state index contributed by atoms with van der Waals surface area (Å²) in [6, 6.07) is 2.60. The van der Waals surface area contributed by atoms with Crippen LogP contribution in [0.15, 0.2) is 51.9 Å². The van der Waals surface area contributed by atoms with E-state index in [0.29, 0.717) is 0 Å². The number of ketones is 2. The van der Waals surface area contributed by atoms with Crippen molar-refractivity contribution in [2.45, 2.75) is 5.51 Å². The van der Waals surface area contributed by atoms with Crippen LogP contribution in [0.4, 0.5) is 13.2 Å². The second kappa shape index (κ2) is 6.20. The number of hydrogen-bond donors (Lipinski definition) is 0. The van der Waals surface area contributed by atoms with Crippen molar-refractivity contribution in [3.63, 3.8) is 0 Å². The minimum Gasteiger partial charge on any atom is -0.463 e. The second-order valence-corrected chi connectivity index (χ2v) is 6.82. The summed E-state index contributed by atoms with van der Waals surface area (Å²) in [5.41, 5.74) is -7.05. The zero-order valence-corrected chi connectivity index (χ0v) is 13.8. The van der Waals surface area contributed by atoms with Crippen LogP contribution < -0.4 is 9.61 Å². The summed E-state index contributed by atoms with van der Waals surface area (Å²) in [4.78, 5) is 35.8. The van der Waals surface area contributed by atoms with Crippen molar-refractivity contribution in [1.82, 2.24) is 0 Å². The highest BCUT2D eigenvalue weighted by Gasteiger charge is 2.48. The third kappa shape index (κ3) is 3.40. The number of fused-ring (bicyclic) bond motifs is 1. The van der Waals surface area contributed by atoms with Gasteiger partial charge in [-0.1, -0.05) is 0 Å². The van der Waals surface area contributed by atoms with Crippen molar-refractivity contribution in [1.29, 1.82) is 0 Å². The Kier molecular flexibility index (Phi) is 4.26. The van der Waals surface area contributed by atoms with Gasteiger partial charge in [0.1, 0.15) is 17.6 Å². The SMILES string of the molecule is O=C1C=CC(=O)C(c2coc3cc(OS(=O)(=O)C(F)(F)F)ccc3c2=O)=C1. The molecule has 0 saturated heterocycles. The monoisotopic (exact) mass is 400 g/mol. The lowest BCUT2D eigenvalue weighted by Crippen LogP contribution is -2.28. The molecule has 0 bridgehead atoms. The maximum absolute atomic E-state index is 12.5. The highest BCUT2D eigenvalue weighted by molar-refractivity contribution is 7.88. The lowest BCUT2D eigenvalue weighted by molar-refractivity contribution is -0.113. The fourth-order valence-electron chi connectivity index (χ4n) is 2.24. The van der Waals surface area contributed by atoms with E-state index in [0.717, 1.165) is 42.7 Å². The molecular weight excluding hydrogens is 393 g/mol. The highest BCUT2D eigenvalue weighted by Crippen LogP contribution is 2.29. The van der Waals surface area contributed by atoms with E-state index < -0.39 is 38.4 Å². The summed E-state index contributed by atoms with van der Waals surface area (Å²) in [6.45, 7) is 0. The van der Waals surface area contributed by atoms with Crippen molar-refractivity contribution in [2.75, 3.05) is 0 Å². The zero-order valence-electron chi connectivity index (χ0n) is 12.9. The number of carbonyl (C=O) groups excluding carboxylic acids is 2. The Labute approximate surface area is 148 Å². The summed E-state index contributed by atoms with van der Waals surface area (Å²) in [6.07, 6.45) is 3.82. The van der Waals surface area contributed by atoms with Gasteiger partial charge in [-0.3, -0.25) is 14.4 Å². The van der Waals surface area contributed by atoms with Gasteiger partial charge in [-0.25, -0.2) is 0 Å². The Balaban J connectivity index is 2.06. The van der Waals surface area contributed by atoms with Crippen LogP contribution in [-0.4, -0.2) is 25.5 Å². The Morgan fingerprint density at radius 1 is 1.04 bits per heavy atom. The fourth-order valence-corrected chi connectivity index (χ4v) is 2.69. The highest BCUT2D eigenvalue weighted by atomic mass is 32.2. The standard InChI is InChI=1S/C16H7F3O7S/c17-16(18,19)27(23,24)26-9-2-3-10-14(6-9)25-7-12(15(10)22)11-5-8(20)1-4-13(11)21/h1-7H. The molecule has 0 fully saturated rings. The molecule has 0 spiro atoms. The van der Waals surface area contributed by atoms with Gasteiger partial charge in [0.15, 0.2) is 11.6 Å². The summed E-state index contributed by atoms with van der Waals surface area (Å²) >= 11 is 0. The minimum absolute atomic E-state index is 0.153. The molecule has 1 heterocycles. The summed E-state index contributed by atoms with van der Waals surface area (Å²) < 4.78 is 68.2. The quantitative estimate of drug-likeness (QED) is 0.441. The number of carbonyl (C=O) groups is 2. The van der Waals surface area contributed by atoms with E-state index in [9.17, 15) is 36.0 Å². The Morgan fingerprint density at radius 3 is 2.41 bits per heavy atom. The number of alkyl halides is 3. The van der Waals surface area contributed by atoms with Gasteiger partial charge in [0.05, 0.1) is 10.9 Å². The van der Waals surface area contributed by atoms with E-state index >= 15 is 0 Å². The van der Waals surface area contributed by atoms with Crippen LogP contribution in [0.2, 0.25) is 0 Å². The summed E-state index contributed by atoms with van der Waals surface area (Å²) in [5, 5.41) is -0.153. The van der Waals surface area contributed by atoms with Gasteiger partial charge >= 0.3 is 15.6 Å². The lowest BCUT2D eigenvalue weighted by atomic mass is 9.97. The van der Waals surface area contributed by atoms with Crippen LogP contribution in [0.1, 0.15) is 5.56 Å². The summed E-state index contributed by atoms with van der Waals surface area (Å²) in [5.74, 6) is -1.83. The molecule has 27 heavy (non-hydrogen) atoms. The average Bonchev–Trinajstić information content (AvgIpc) is 2.56. The molecule has 2 aromatic rings. The van der Waals surface area contributed by atoms with Crippen LogP contribution in [0.25, 0.3) is 16.5 Å². The number of allylic oxidation sites excluding steroid dienone is 4. The topological polar surface area (TPSA) is 108 Å². The number of hydrogen-bond acceptors (Lipinski definition) is 7. The van der Waals surface area contributed by atoms with Crippen LogP contribution in [0.5, 0.6) is 5.75 Å². The predicted molar refractivity (Wildman–Crippen MR) is 85.2 cm³/mol. The van der Waals surface area contributed by atoms with Crippen molar-refractivity contribution < 1.29 is 39.8 Å². The molecule has 3 rings (SSSR count). The zero-order chi connectivity index (χ0) is 20.0. The summed E-state index contributed by atoms with van der Waals surface area (Å²) in [7, 11) is -5.89. The number of benzene rings is 1. The molecule has 0 saturated carbocycles. The molecule has 0 amide bonds. The van der Waals surface area contributed by atoms with Crippen molar-refractivity contribution in [2.24, 2.45) is 0 Å². The van der Waals surface area contributed by atoms with Crippen LogP contribution in [0.3, 0.4) is 0 Å². The number of halogens is 3. The molecule has 1 aromatic carbocycles. The van der Waals surface area contributed by atoms with Crippen molar-refractivity contribution in [3.05, 3.63) is 58.5 Å². The van der Waals surface area contributed by atoms with Crippen LogP contribution in [0, 0.1) is 0 Å². The van der Waals surface area contributed by atoms with E-state index in [1.807, 2.05) is 0 Å². The molecule has 0 aliphatic heterocycles. The lowest BCUT2D eigenvalue weighted by Gasteiger charge is -2.10. The molecule has 11 heteroatoms. The van der Waals surface area contributed by atoms with E-state index in [1.165, 1.54) is 0 Å². The van der Waals surface area contributed by atoms with Crippen molar-refractivity contribution >= 4 is 38.2 Å². The largest absolute Gasteiger partial charge is 0.534 e. The van der Waals surface area contributed by atoms with Crippen LogP contribution in [-0.2, 0) is 19.7 Å². The number of rotatable bonds is 3. The molecular formula is C16H7F3O7S. The van der Waals surface area contributed by atoms with Gasteiger partial charge in [0.2, 0.25) is 5.43 Å². The minimum atomic E-state index is -5.89. The molecule has 1 aromatic heterocycles. The average molecular weight is 400 g/mol. The van der Waals surface area contributed by atoms with Gasteiger partial charge in [0, 0.05) is 11.6 Å². The molecule has 0 N–H and O–H groups in total. The fraction of sp³-hybridized carbons (Fsp3) is 0.0625. The maximum Gasteiger partial charge on any atom is 0.534 e. The van der Waals surface area contributed by atoms with Crippen LogP contribution >= 0.6 is 0 Å². The predicted octanol–water partition coefficient (Wildman–Crippen LogP) is 2.11. The van der Waals surface area contributed by atoms with Gasteiger partial charge in [0.25, 0.3) is 0 Å². The molecule has 7 nitrogen and oxygen atoms in total. The smallest absolute Gasteiger partial charge is 0.463 e. The normalized spacial score (nSPS) is 15.1. The van der Waals surface area contributed by atoms with E-state index in [2.05, 4.69) is 4.18 Å². The first kappa shape index (κ1) is 18.6. The molecule has 0 unspecified atom stereocenters. The second-order valence-electron chi connectivity index (χ2n) is 5.28. The van der Waals surface area contributed by atoms with E-state index in [4.69, 9.17) is 4.42 Å².